The quantitative estimate of drug-likeness (QED) is 0.495. The summed E-state index contributed by atoms with van der Waals surface area (Å²) < 4.78 is 17.3. The normalized spacial score (nSPS) is 21.2. The molecule has 0 heterocycles. The summed E-state index contributed by atoms with van der Waals surface area (Å²) in [5, 5.41) is 0. The summed E-state index contributed by atoms with van der Waals surface area (Å²) in [4.78, 5) is 0. The second-order valence-electron chi connectivity index (χ2n) is 0.428. The summed E-state index contributed by atoms with van der Waals surface area (Å²) in [7, 11) is -2.96. The first-order valence-corrected chi connectivity index (χ1v) is 5.15. The van der Waals surface area contributed by atoms with E-state index in [1.165, 1.54) is 0 Å². The standard InChI is InChI=1S/H2O2S2Se/c1-4(2,3)5/h(H2,1,2,3,5)/p-1. The molecule has 0 bridgehead atoms. The molecule has 0 aliphatic heterocycles. The van der Waals surface area contributed by atoms with Gasteiger partial charge in [-0.05, 0) is 0 Å². The van der Waals surface area contributed by atoms with Crippen LogP contribution in [-0.2, 0) is 18.4 Å². The molecule has 0 spiro atoms. The third-order valence-corrected chi connectivity index (χ3v) is 0. The second-order valence-corrected chi connectivity index (χ2v) is 6.91. The Morgan fingerprint density at radius 3 is 2.00 bits per heavy atom. The van der Waals surface area contributed by atoms with Crippen molar-refractivity contribution in [3.8, 4) is 0 Å². The van der Waals surface area contributed by atoms with Crippen molar-refractivity contribution in [2.24, 2.45) is 0 Å². The Hall–Kier alpha value is 0.849. The van der Waals surface area contributed by atoms with Crippen molar-refractivity contribution in [1.82, 2.24) is 0 Å². The summed E-state index contributed by atoms with van der Waals surface area (Å²) in [5.74, 6) is 0. The Bertz CT molecular complexity index is 90.8. The first-order chi connectivity index (χ1) is 2.00. The SMILES string of the molecule is O=S(O)(=S)[Se-]. The fourth-order valence-corrected chi connectivity index (χ4v) is 0. The van der Waals surface area contributed by atoms with Crippen LogP contribution in [-0.4, -0.2) is 23.7 Å². The van der Waals surface area contributed by atoms with Crippen LogP contribution in [0.2, 0.25) is 0 Å². The van der Waals surface area contributed by atoms with Gasteiger partial charge in [0.2, 0.25) is 0 Å². The van der Waals surface area contributed by atoms with E-state index in [0.29, 0.717) is 0 Å². The molecule has 5 heteroatoms. The molecule has 0 rings (SSSR count). The zero-order valence-electron chi connectivity index (χ0n) is 2.08. The van der Waals surface area contributed by atoms with E-state index < -0.39 is 7.19 Å². The number of hydrogen-bond acceptors (Lipinski definition) is 2. The Balaban J connectivity index is 4.06. The fourth-order valence-electron chi connectivity index (χ4n) is 0. The molecule has 2 nitrogen and oxygen atoms in total. The van der Waals surface area contributed by atoms with Gasteiger partial charge in [0, 0.05) is 0 Å². The minimum absolute atomic E-state index is 1.88. The predicted molar refractivity (Wildman–Crippen MR) is 23.9 cm³/mol. The van der Waals surface area contributed by atoms with E-state index in [4.69, 9.17) is 4.55 Å². The van der Waals surface area contributed by atoms with Crippen LogP contribution in [0.25, 0.3) is 0 Å². The molecule has 0 amide bonds. The molecule has 1 unspecified atom stereocenters. The topological polar surface area (TPSA) is 37.3 Å². The minimum atomic E-state index is -2.96. The Morgan fingerprint density at radius 2 is 2.00 bits per heavy atom. The van der Waals surface area contributed by atoms with Crippen molar-refractivity contribution >= 4 is 33.3 Å². The van der Waals surface area contributed by atoms with Gasteiger partial charge in [0.15, 0.2) is 0 Å². The molecule has 0 radical (unpaired) electrons. The van der Waals surface area contributed by atoms with Gasteiger partial charge in [-0.3, -0.25) is 0 Å². The molecule has 1 N–H and O–H groups in total. The number of rotatable bonds is 0. The van der Waals surface area contributed by atoms with Crippen molar-refractivity contribution in [2.45, 2.75) is 0 Å². The van der Waals surface area contributed by atoms with Gasteiger partial charge < -0.3 is 0 Å². The Kier molecular flexibility index (Phi) is 1.79. The van der Waals surface area contributed by atoms with Gasteiger partial charge in [-0.1, -0.05) is 0 Å². The predicted octanol–water partition coefficient (Wildman–Crippen LogP) is -0.711. The van der Waals surface area contributed by atoms with Crippen LogP contribution in [0.5, 0.6) is 0 Å². The van der Waals surface area contributed by atoms with Gasteiger partial charge in [-0.2, -0.15) is 0 Å². The van der Waals surface area contributed by atoms with Crippen LogP contribution in [0.4, 0.5) is 0 Å². The van der Waals surface area contributed by atoms with Crippen molar-refractivity contribution in [1.29, 1.82) is 0 Å². The van der Waals surface area contributed by atoms with Crippen molar-refractivity contribution < 1.29 is 8.76 Å². The maximum atomic E-state index is 9.50. The van der Waals surface area contributed by atoms with Gasteiger partial charge in [-0.15, -0.1) is 0 Å². The molecular formula is HO2S2Se-. The van der Waals surface area contributed by atoms with Crippen LogP contribution in [0, 0.1) is 0 Å². The molecule has 32 valence electrons. The first kappa shape index (κ1) is 5.85. The summed E-state index contributed by atoms with van der Waals surface area (Å²) in [6.45, 7) is 0. The van der Waals surface area contributed by atoms with Crippen molar-refractivity contribution in [3.63, 3.8) is 0 Å². The van der Waals surface area contributed by atoms with Crippen LogP contribution < -0.4 is 0 Å². The zero-order chi connectivity index (χ0) is 4.50. The first-order valence-electron chi connectivity index (χ1n) is 0.683. The summed E-state index contributed by atoms with van der Waals surface area (Å²) in [5.41, 5.74) is 0. The average molecular weight is 176 g/mol. The molecule has 5 heavy (non-hydrogen) atoms. The summed E-state index contributed by atoms with van der Waals surface area (Å²) in [6.07, 6.45) is 0. The molecule has 0 aromatic carbocycles. The molecule has 0 aliphatic carbocycles. The third kappa shape index (κ3) is 54.6. The van der Waals surface area contributed by atoms with Gasteiger partial charge >= 0.3 is 42.0 Å². The van der Waals surface area contributed by atoms with Crippen molar-refractivity contribution in [3.05, 3.63) is 0 Å². The van der Waals surface area contributed by atoms with E-state index in [0.717, 1.165) is 0 Å². The molecule has 0 saturated carbocycles. The monoisotopic (exact) mass is 177 g/mol. The van der Waals surface area contributed by atoms with Crippen molar-refractivity contribution in [2.75, 3.05) is 0 Å². The fraction of sp³-hybridized carbons (Fsp3) is 0. The van der Waals surface area contributed by atoms with E-state index in [-0.39, 0.29) is 0 Å². The van der Waals surface area contributed by atoms with Gasteiger partial charge in [-0.25, -0.2) is 0 Å². The zero-order valence-corrected chi connectivity index (χ0v) is 5.43. The van der Waals surface area contributed by atoms with E-state index in [1.807, 2.05) is 14.9 Å². The Labute approximate surface area is 42.3 Å². The van der Waals surface area contributed by atoms with E-state index in [2.05, 4.69) is 11.2 Å². The van der Waals surface area contributed by atoms with Gasteiger partial charge in [0.05, 0.1) is 0 Å². The molecule has 0 fully saturated rings. The van der Waals surface area contributed by atoms with Gasteiger partial charge in [0.1, 0.15) is 0 Å². The molecular weight excluding hydrogens is 175 g/mol. The third-order valence-electron chi connectivity index (χ3n) is 0. The Morgan fingerprint density at radius 1 is 2.00 bits per heavy atom. The summed E-state index contributed by atoms with van der Waals surface area (Å²) >= 11 is 5.73. The van der Waals surface area contributed by atoms with Crippen LogP contribution >= 0.6 is 0 Å². The van der Waals surface area contributed by atoms with E-state index in [9.17, 15) is 4.21 Å². The molecule has 0 aromatic heterocycles. The maximum absolute atomic E-state index is 9.50. The average Bonchev–Trinajstić information content (AvgIpc) is 0.722. The summed E-state index contributed by atoms with van der Waals surface area (Å²) in [6, 6.07) is 0. The van der Waals surface area contributed by atoms with Crippen LogP contribution in [0.1, 0.15) is 0 Å². The second kappa shape index (κ2) is 1.53. The molecule has 0 aromatic rings. The van der Waals surface area contributed by atoms with E-state index in [1.54, 1.807) is 0 Å². The number of hydrogen-bond donors (Lipinski definition) is 1. The molecule has 1 atom stereocenters. The molecule has 0 aliphatic rings. The van der Waals surface area contributed by atoms with Crippen LogP contribution in [0.3, 0.4) is 0 Å². The van der Waals surface area contributed by atoms with Crippen LogP contribution in [0.15, 0.2) is 0 Å². The van der Waals surface area contributed by atoms with E-state index >= 15 is 0 Å². The molecule has 0 saturated heterocycles. The van der Waals surface area contributed by atoms with Gasteiger partial charge in [0.25, 0.3) is 0 Å².